The van der Waals surface area contributed by atoms with E-state index in [2.05, 4.69) is 25.2 Å². The van der Waals surface area contributed by atoms with Crippen molar-refractivity contribution in [3.8, 4) is 0 Å². The zero-order chi connectivity index (χ0) is 20.6. The first-order chi connectivity index (χ1) is 13.8. The minimum Gasteiger partial charge on any atom is -0.309 e. The van der Waals surface area contributed by atoms with Crippen LogP contribution in [0.25, 0.3) is 0 Å². The van der Waals surface area contributed by atoms with Gasteiger partial charge in [-0.2, -0.15) is 18.6 Å². The second-order valence-electron chi connectivity index (χ2n) is 7.16. The molecule has 2 unspecified atom stereocenters. The van der Waals surface area contributed by atoms with Crippen LogP contribution < -0.4 is 10.8 Å². The molecule has 2 bridgehead atoms. The Morgan fingerprint density at radius 1 is 1.38 bits per heavy atom. The van der Waals surface area contributed by atoms with Crippen molar-refractivity contribution in [2.45, 2.75) is 43.4 Å². The number of carbonyl (C=O) groups is 2. The molecule has 3 aliphatic rings. The Balaban J connectivity index is 1.25. The summed E-state index contributed by atoms with van der Waals surface area (Å²) in [6, 6.07) is -1.97. The van der Waals surface area contributed by atoms with Gasteiger partial charge >= 0.3 is 16.4 Å². The summed E-state index contributed by atoms with van der Waals surface area (Å²) in [6.07, 6.45) is 4.54. The Hall–Kier alpha value is -2.33. The molecule has 160 valence electrons. The second-order valence-corrected chi connectivity index (χ2v) is 8.16. The van der Waals surface area contributed by atoms with E-state index >= 15 is 0 Å². The first-order valence-corrected chi connectivity index (χ1v) is 10.4. The molecule has 0 spiro atoms. The third-order valence-corrected chi connectivity index (χ3v) is 5.62. The number of fused-ring (bicyclic) bond motifs is 2. The number of nitrogens with one attached hydrogen (secondary N) is 2. The molecule has 3 saturated heterocycles. The molecule has 3 fully saturated rings. The van der Waals surface area contributed by atoms with Gasteiger partial charge in [-0.05, 0) is 19.3 Å². The Bertz CT molecular complexity index is 864. The van der Waals surface area contributed by atoms with Gasteiger partial charge in [0, 0.05) is 19.1 Å². The zero-order valence-electron chi connectivity index (χ0n) is 15.2. The van der Waals surface area contributed by atoms with Crippen LogP contribution >= 0.6 is 0 Å². The summed E-state index contributed by atoms with van der Waals surface area (Å²) in [5.74, 6) is -0.503. The highest BCUT2D eigenvalue weighted by atomic mass is 32.3. The predicted molar refractivity (Wildman–Crippen MR) is 92.9 cm³/mol. The fourth-order valence-electron chi connectivity index (χ4n) is 3.92. The van der Waals surface area contributed by atoms with E-state index in [1.165, 1.54) is 11.2 Å². The van der Waals surface area contributed by atoms with Crippen LogP contribution in [0.2, 0.25) is 0 Å². The average molecular weight is 431 g/mol. The van der Waals surface area contributed by atoms with E-state index in [4.69, 9.17) is 9.39 Å². The van der Waals surface area contributed by atoms with Crippen LogP contribution in [0.3, 0.4) is 0 Å². The van der Waals surface area contributed by atoms with Crippen LogP contribution in [0.1, 0.15) is 25.3 Å². The summed E-state index contributed by atoms with van der Waals surface area (Å²) < 4.78 is 36.7. The molecule has 4 atom stereocenters. The van der Waals surface area contributed by atoms with E-state index in [-0.39, 0.29) is 25.2 Å². The lowest BCUT2D eigenvalue weighted by Crippen LogP contribution is -2.50. The van der Waals surface area contributed by atoms with Crippen molar-refractivity contribution < 1.29 is 31.7 Å². The first-order valence-electron chi connectivity index (χ1n) is 9.08. The summed E-state index contributed by atoms with van der Waals surface area (Å²) in [5, 5.41) is 7.98. The van der Waals surface area contributed by atoms with E-state index < -0.39 is 34.4 Å². The lowest BCUT2D eigenvalue weighted by molar-refractivity contribution is -0.139. The first kappa shape index (κ1) is 20.0. The van der Waals surface area contributed by atoms with E-state index in [9.17, 15) is 18.0 Å². The summed E-state index contributed by atoms with van der Waals surface area (Å²) in [7, 11) is -4.83. The van der Waals surface area contributed by atoms with Crippen molar-refractivity contribution >= 4 is 22.3 Å². The highest BCUT2D eigenvalue weighted by molar-refractivity contribution is 7.80. The van der Waals surface area contributed by atoms with Crippen molar-refractivity contribution in [2.24, 2.45) is 0 Å². The predicted octanol–water partition coefficient (Wildman–Crippen LogP) is -1.77. The highest BCUT2D eigenvalue weighted by Gasteiger charge is 2.49. The van der Waals surface area contributed by atoms with Gasteiger partial charge in [-0.25, -0.2) is 19.9 Å². The van der Waals surface area contributed by atoms with Crippen molar-refractivity contribution in [2.75, 3.05) is 19.7 Å². The number of aromatic nitrogens is 3. The monoisotopic (exact) mass is 431 g/mol. The smallest absolute Gasteiger partial charge is 0.309 e. The molecule has 0 aliphatic carbocycles. The minimum absolute atomic E-state index is 0.0207. The number of carbonyl (C=O) groups excluding carboxylic acids is 2. The molecule has 15 heteroatoms. The zero-order valence-corrected chi connectivity index (χ0v) is 16.1. The molecule has 4 heterocycles. The van der Waals surface area contributed by atoms with Crippen LogP contribution in [0.4, 0.5) is 4.79 Å². The number of hydrogen-bond donors (Lipinski definition) is 3. The van der Waals surface area contributed by atoms with E-state index in [0.29, 0.717) is 24.4 Å². The number of hydrogen-bond acceptors (Lipinski definition) is 9. The number of hydroxylamine groups is 3. The van der Waals surface area contributed by atoms with Gasteiger partial charge in [0.05, 0.1) is 18.7 Å². The van der Waals surface area contributed by atoms with Gasteiger partial charge in [0.2, 0.25) is 0 Å². The molecule has 3 N–H and O–H groups in total. The summed E-state index contributed by atoms with van der Waals surface area (Å²) in [4.78, 5) is 35.2. The van der Waals surface area contributed by atoms with Gasteiger partial charge in [0.15, 0.2) is 0 Å². The van der Waals surface area contributed by atoms with Gasteiger partial charge in [-0.3, -0.25) is 14.2 Å². The van der Waals surface area contributed by atoms with Crippen LogP contribution in [-0.2, 0) is 24.3 Å². The molecule has 3 aliphatic heterocycles. The Morgan fingerprint density at radius 3 is 2.93 bits per heavy atom. The van der Waals surface area contributed by atoms with Crippen molar-refractivity contribution in [3.05, 3.63) is 12.7 Å². The maximum absolute atomic E-state index is 12.4. The fraction of sp³-hybridized carbons (Fsp3) is 0.714. The molecule has 4 rings (SSSR count). The molecule has 0 saturated carbocycles. The molecule has 29 heavy (non-hydrogen) atoms. The molecule has 0 aromatic carbocycles. The van der Waals surface area contributed by atoms with Crippen LogP contribution in [0, 0.1) is 0 Å². The van der Waals surface area contributed by atoms with E-state index in [0.717, 1.165) is 6.42 Å². The van der Waals surface area contributed by atoms with E-state index in [1.54, 1.807) is 11.0 Å². The quantitative estimate of drug-likeness (QED) is 0.332. The molecule has 1 aromatic heterocycles. The normalized spacial score (nSPS) is 29.5. The van der Waals surface area contributed by atoms with Crippen LogP contribution in [0.5, 0.6) is 0 Å². The van der Waals surface area contributed by atoms with Gasteiger partial charge in [0.25, 0.3) is 5.91 Å². The van der Waals surface area contributed by atoms with Gasteiger partial charge < -0.3 is 10.2 Å². The van der Waals surface area contributed by atoms with Crippen molar-refractivity contribution in [1.82, 2.24) is 35.5 Å². The SMILES string of the molecule is O=C(NOC[C@H]1C[C@H](n2cncn2)CN1)C1CCC2CN1C(=O)N2OS(=O)(=O)O. The lowest BCUT2D eigenvalue weighted by Gasteiger charge is -2.29. The Morgan fingerprint density at radius 2 is 2.21 bits per heavy atom. The fourth-order valence-corrected chi connectivity index (χ4v) is 4.31. The number of piperidine rings is 1. The molecular weight excluding hydrogens is 410 g/mol. The summed E-state index contributed by atoms with van der Waals surface area (Å²) >= 11 is 0. The Labute approximate surface area is 166 Å². The lowest BCUT2D eigenvalue weighted by atomic mass is 10.0. The third-order valence-electron chi connectivity index (χ3n) is 5.27. The van der Waals surface area contributed by atoms with Crippen LogP contribution in [0.15, 0.2) is 12.7 Å². The molecule has 1 aromatic rings. The molecule has 14 nitrogen and oxygen atoms in total. The van der Waals surface area contributed by atoms with Gasteiger partial charge in [0.1, 0.15) is 18.7 Å². The van der Waals surface area contributed by atoms with Crippen molar-refractivity contribution in [3.63, 3.8) is 0 Å². The number of nitrogens with zero attached hydrogens (tertiary/aromatic N) is 5. The maximum Gasteiger partial charge on any atom is 0.418 e. The molecule has 3 amide bonds. The summed E-state index contributed by atoms with van der Waals surface area (Å²) in [5.41, 5.74) is 2.36. The summed E-state index contributed by atoms with van der Waals surface area (Å²) in [6.45, 7) is 1.07. The van der Waals surface area contributed by atoms with Crippen LogP contribution in [-0.4, -0.2) is 87.5 Å². The maximum atomic E-state index is 12.4. The minimum atomic E-state index is -4.83. The number of rotatable bonds is 7. The molecular formula is C14H21N7O7S. The van der Waals surface area contributed by atoms with Gasteiger partial charge in [-0.1, -0.05) is 0 Å². The average Bonchev–Trinajstić information content (AvgIpc) is 3.39. The van der Waals surface area contributed by atoms with Gasteiger partial charge in [-0.15, -0.1) is 4.28 Å². The third kappa shape index (κ3) is 4.32. The van der Waals surface area contributed by atoms with Crippen molar-refractivity contribution in [1.29, 1.82) is 0 Å². The topological polar surface area (TPSA) is 168 Å². The number of urea groups is 1. The largest absolute Gasteiger partial charge is 0.418 e. The number of amides is 3. The Kier molecular flexibility index (Phi) is 5.39. The van der Waals surface area contributed by atoms with E-state index in [1.807, 2.05) is 0 Å². The molecule has 0 radical (unpaired) electrons. The second kappa shape index (κ2) is 7.83. The standard InChI is InChI=1S/C14H21N7O7S/c22-13(18-27-6-9-3-11(4-16-9)20-8-15-7-17-20)12-2-1-10-5-19(12)14(23)21(10)28-29(24,25)26/h7-12,16H,1-6H2,(H,18,22)(H,24,25,26)/t9-,10?,11+,12?/m1/s1. The highest BCUT2D eigenvalue weighted by Crippen LogP contribution is 2.30.